The van der Waals surface area contributed by atoms with E-state index in [-0.39, 0.29) is 18.9 Å². The highest BCUT2D eigenvalue weighted by molar-refractivity contribution is 5.80. The molecule has 0 aliphatic carbocycles. The van der Waals surface area contributed by atoms with E-state index in [0.717, 1.165) is 11.1 Å². The van der Waals surface area contributed by atoms with E-state index in [9.17, 15) is 14.4 Å². The zero-order valence-corrected chi connectivity index (χ0v) is 16.0. The number of hydrogen-bond acceptors (Lipinski definition) is 6. The van der Waals surface area contributed by atoms with Crippen LogP contribution in [0.5, 0.6) is 0 Å². The molecule has 7 heteroatoms. The average Bonchev–Trinajstić information content (AvgIpc) is 2.51. The number of esters is 2. The zero-order valence-electron chi connectivity index (χ0n) is 16.0. The van der Waals surface area contributed by atoms with Crippen LogP contribution in [0.4, 0.5) is 0 Å². The van der Waals surface area contributed by atoms with Crippen molar-refractivity contribution >= 4 is 22.8 Å². The van der Waals surface area contributed by atoms with Crippen molar-refractivity contribution in [1.82, 2.24) is 9.55 Å². The summed E-state index contributed by atoms with van der Waals surface area (Å²) in [4.78, 5) is 40.3. The standard InChI is InChI=1S/C19H24N2O5/c1-11-7-16-15(8-14(11)9-25-13(3)22)17(23)21(12(2)20-16)10-26-18(24)19(4,5)6/h7-8H,9-10H2,1-6H3. The van der Waals surface area contributed by atoms with Gasteiger partial charge in [0.2, 0.25) is 0 Å². The summed E-state index contributed by atoms with van der Waals surface area (Å²) in [6, 6.07) is 3.46. The second kappa shape index (κ2) is 7.27. The molecule has 0 unspecified atom stereocenters. The first-order valence-corrected chi connectivity index (χ1v) is 8.32. The highest BCUT2D eigenvalue weighted by Gasteiger charge is 2.23. The number of rotatable bonds is 4. The Balaban J connectivity index is 2.43. The van der Waals surface area contributed by atoms with Crippen LogP contribution < -0.4 is 5.56 Å². The molecule has 0 N–H and O–H groups in total. The van der Waals surface area contributed by atoms with Crippen LogP contribution in [0.1, 0.15) is 44.6 Å². The maximum atomic E-state index is 12.8. The molecule has 1 aromatic carbocycles. The smallest absolute Gasteiger partial charge is 0.312 e. The number of benzene rings is 1. The molecule has 2 aromatic rings. The molecule has 7 nitrogen and oxygen atoms in total. The molecule has 0 radical (unpaired) electrons. The lowest BCUT2D eigenvalue weighted by Crippen LogP contribution is -2.30. The van der Waals surface area contributed by atoms with E-state index < -0.39 is 17.4 Å². The molecule has 0 saturated heterocycles. The van der Waals surface area contributed by atoms with Gasteiger partial charge in [0, 0.05) is 6.92 Å². The molecule has 0 saturated carbocycles. The van der Waals surface area contributed by atoms with Crippen LogP contribution in [-0.4, -0.2) is 21.5 Å². The summed E-state index contributed by atoms with van der Waals surface area (Å²) in [5, 5.41) is 0.384. The Labute approximate surface area is 151 Å². The minimum Gasteiger partial charge on any atom is -0.461 e. The van der Waals surface area contributed by atoms with Crippen LogP contribution in [0.25, 0.3) is 10.9 Å². The van der Waals surface area contributed by atoms with Gasteiger partial charge in [0.25, 0.3) is 5.56 Å². The van der Waals surface area contributed by atoms with Crippen molar-refractivity contribution in [1.29, 1.82) is 0 Å². The number of aromatic nitrogens is 2. The van der Waals surface area contributed by atoms with Gasteiger partial charge in [0.15, 0.2) is 6.73 Å². The molecule has 1 aromatic heterocycles. The molecule has 0 bridgehead atoms. The minimum atomic E-state index is -0.657. The quantitative estimate of drug-likeness (QED) is 0.779. The largest absolute Gasteiger partial charge is 0.461 e. The molecule has 2 rings (SSSR count). The topological polar surface area (TPSA) is 87.5 Å². The summed E-state index contributed by atoms with van der Waals surface area (Å²) in [5.41, 5.74) is 1.19. The lowest BCUT2D eigenvalue weighted by molar-refractivity contribution is -0.157. The van der Waals surface area contributed by atoms with Crippen molar-refractivity contribution in [3.8, 4) is 0 Å². The van der Waals surface area contributed by atoms with E-state index in [0.29, 0.717) is 16.7 Å². The summed E-state index contributed by atoms with van der Waals surface area (Å²) < 4.78 is 11.6. The first-order valence-electron chi connectivity index (χ1n) is 8.32. The van der Waals surface area contributed by atoms with Gasteiger partial charge in [-0.25, -0.2) is 4.98 Å². The van der Waals surface area contributed by atoms with Crippen molar-refractivity contribution in [2.75, 3.05) is 0 Å². The number of aryl methyl sites for hydroxylation is 2. The summed E-state index contributed by atoms with van der Waals surface area (Å²) in [7, 11) is 0. The van der Waals surface area contributed by atoms with E-state index in [1.54, 1.807) is 39.8 Å². The molecule has 0 fully saturated rings. The van der Waals surface area contributed by atoms with Crippen LogP contribution in [0.3, 0.4) is 0 Å². The first kappa shape index (κ1) is 19.6. The fourth-order valence-corrected chi connectivity index (χ4v) is 2.35. The Morgan fingerprint density at radius 3 is 2.38 bits per heavy atom. The Kier molecular flexibility index (Phi) is 5.49. The number of hydrogen-bond donors (Lipinski definition) is 0. The third-order valence-electron chi connectivity index (χ3n) is 3.97. The predicted molar refractivity (Wildman–Crippen MR) is 96.5 cm³/mol. The number of fused-ring (bicyclic) bond motifs is 1. The van der Waals surface area contributed by atoms with Gasteiger partial charge in [-0.1, -0.05) is 0 Å². The van der Waals surface area contributed by atoms with Crippen LogP contribution in [0, 0.1) is 19.3 Å². The Hall–Kier alpha value is -2.70. The Bertz CT molecular complexity index is 922. The molecule has 140 valence electrons. The van der Waals surface area contributed by atoms with E-state index in [1.165, 1.54) is 11.5 Å². The van der Waals surface area contributed by atoms with Crippen molar-refractivity contribution < 1.29 is 19.1 Å². The third-order valence-corrected chi connectivity index (χ3v) is 3.97. The normalized spacial score (nSPS) is 11.5. The fraction of sp³-hybridized carbons (Fsp3) is 0.474. The van der Waals surface area contributed by atoms with E-state index in [4.69, 9.17) is 9.47 Å². The van der Waals surface area contributed by atoms with Gasteiger partial charge in [-0.15, -0.1) is 0 Å². The number of carbonyl (C=O) groups excluding carboxylic acids is 2. The monoisotopic (exact) mass is 360 g/mol. The minimum absolute atomic E-state index is 0.0867. The van der Waals surface area contributed by atoms with E-state index >= 15 is 0 Å². The van der Waals surface area contributed by atoms with Gasteiger partial charge >= 0.3 is 11.9 Å². The number of ether oxygens (including phenoxy) is 2. The maximum Gasteiger partial charge on any atom is 0.312 e. The molecule has 0 spiro atoms. The molecule has 0 atom stereocenters. The van der Waals surface area contributed by atoms with Gasteiger partial charge in [-0.3, -0.25) is 19.0 Å². The Morgan fingerprint density at radius 1 is 1.15 bits per heavy atom. The van der Waals surface area contributed by atoms with Crippen LogP contribution in [0.2, 0.25) is 0 Å². The summed E-state index contributed by atoms with van der Waals surface area (Å²) in [5.74, 6) is -0.335. The molecule has 0 amide bonds. The van der Waals surface area contributed by atoms with Crippen molar-refractivity contribution in [2.45, 2.75) is 54.9 Å². The second-order valence-electron chi connectivity index (χ2n) is 7.28. The number of carbonyl (C=O) groups is 2. The molecular formula is C19H24N2O5. The van der Waals surface area contributed by atoms with E-state index in [1.807, 2.05) is 6.92 Å². The van der Waals surface area contributed by atoms with Crippen molar-refractivity contribution in [3.05, 3.63) is 39.4 Å². The summed E-state index contributed by atoms with van der Waals surface area (Å²) in [6.07, 6.45) is 0. The third kappa shape index (κ3) is 4.28. The number of nitrogens with zero attached hydrogens (tertiary/aromatic N) is 2. The van der Waals surface area contributed by atoms with Gasteiger partial charge in [0.05, 0.1) is 16.3 Å². The molecule has 26 heavy (non-hydrogen) atoms. The van der Waals surface area contributed by atoms with Crippen molar-refractivity contribution in [3.63, 3.8) is 0 Å². The van der Waals surface area contributed by atoms with Crippen LogP contribution >= 0.6 is 0 Å². The first-order chi connectivity index (χ1) is 12.0. The van der Waals surface area contributed by atoms with Crippen molar-refractivity contribution in [2.24, 2.45) is 5.41 Å². The predicted octanol–water partition coefficient (Wildman–Crippen LogP) is 2.62. The maximum absolute atomic E-state index is 12.8. The molecule has 0 aliphatic rings. The summed E-state index contributed by atoms with van der Waals surface area (Å²) >= 11 is 0. The zero-order chi connectivity index (χ0) is 19.6. The van der Waals surface area contributed by atoms with Gasteiger partial charge in [-0.05, 0) is 57.9 Å². The van der Waals surface area contributed by atoms with Gasteiger partial charge in [0.1, 0.15) is 12.4 Å². The average molecular weight is 360 g/mol. The van der Waals surface area contributed by atoms with Crippen LogP contribution in [-0.2, 0) is 32.4 Å². The lowest BCUT2D eigenvalue weighted by Gasteiger charge is -2.18. The molecular weight excluding hydrogens is 336 g/mol. The second-order valence-corrected chi connectivity index (χ2v) is 7.28. The van der Waals surface area contributed by atoms with Gasteiger partial charge < -0.3 is 9.47 Å². The Morgan fingerprint density at radius 2 is 1.81 bits per heavy atom. The summed E-state index contributed by atoms with van der Waals surface area (Å²) in [6.45, 7) is 10.0. The SMILES string of the molecule is CC(=O)OCc1cc2c(=O)n(COC(=O)C(C)(C)C)c(C)nc2cc1C. The van der Waals surface area contributed by atoms with E-state index in [2.05, 4.69) is 4.98 Å². The fourth-order valence-electron chi connectivity index (χ4n) is 2.35. The lowest BCUT2D eigenvalue weighted by atomic mass is 9.98. The highest BCUT2D eigenvalue weighted by atomic mass is 16.5. The highest BCUT2D eigenvalue weighted by Crippen LogP contribution is 2.18. The molecule has 0 aliphatic heterocycles. The molecule has 1 heterocycles. The van der Waals surface area contributed by atoms with Gasteiger partial charge in [-0.2, -0.15) is 0 Å². The van der Waals surface area contributed by atoms with Crippen LogP contribution in [0.15, 0.2) is 16.9 Å².